The van der Waals surface area contributed by atoms with Gasteiger partial charge in [0.15, 0.2) is 0 Å². The molecule has 4 nitrogen and oxygen atoms in total. The number of carbonyl (C=O) groups is 1. The second kappa shape index (κ2) is 6.86. The van der Waals surface area contributed by atoms with Gasteiger partial charge in [-0.3, -0.25) is 4.79 Å². The van der Waals surface area contributed by atoms with Crippen molar-refractivity contribution in [1.82, 2.24) is 5.32 Å². The quantitative estimate of drug-likeness (QED) is 0.611. The van der Waals surface area contributed by atoms with E-state index >= 15 is 0 Å². The summed E-state index contributed by atoms with van der Waals surface area (Å²) in [6, 6.07) is -0.114. The molecule has 0 aromatic rings. The molecular formula is C12H26N2O2. The molecule has 4 N–H and O–H groups in total. The molecule has 0 saturated carbocycles. The third kappa shape index (κ3) is 5.47. The summed E-state index contributed by atoms with van der Waals surface area (Å²) in [4.78, 5) is 11.5. The standard InChI is InChI=1S/C12H26N2O2/c1-5-12(16,6-2)8-14-11(15)7-10(13)9(3)4/h9-10,16H,5-8,13H2,1-4H3,(H,14,15). The lowest BCUT2D eigenvalue weighted by atomic mass is 9.97. The van der Waals surface area contributed by atoms with Gasteiger partial charge in [0.05, 0.1) is 5.60 Å². The molecule has 0 saturated heterocycles. The van der Waals surface area contributed by atoms with Crippen molar-refractivity contribution in [3.05, 3.63) is 0 Å². The summed E-state index contributed by atoms with van der Waals surface area (Å²) in [5, 5.41) is 12.7. The van der Waals surface area contributed by atoms with Crippen molar-refractivity contribution in [2.75, 3.05) is 6.54 Å². The Morgan fingerprint density at radius 3 is 2.25 bits per heavy atom. The van der Waals surface area contributed by atoms with E-state index in [1.165, 1.54) is 0 Å². The number of aliphatic hydroxyl groups is 1. The van der Waals surface area contributed by atoms with E-state index in [1.54, 1.807) is 0 Å². The summed E-state index contributed by atoms with van der Waals surface area (Å²) >= 11 is 0. The van der Waals surface area contributed by atoms with E-state index in [0.717, 1.165) is 0 Å². The Morgan fingerprint density at radius 1 is 1.38 bits per heavy atom. The van der Waals surface area contributed by atoms with Crippen molar-refractivity contribution < 1.29 is 9.90 Å². The SMILES string of the molecule is CCC(O)(CC)CNC(=O)CC(N)C(C)C. The molecule has 0 fully saturated rings. The van der Waals surface area contributed by atoms with E-state index < -0.39 is 5.60 Å². The van der Waals surface area contributed by atoms with Gasteiger partial charge in [-0.15, -0.1) is 0 Å². The molecule has 0 aliphatic heterocycles. The largest absolute Gasteiger partial charge is 0.388 e. The minimum absolute atomic E-state index is 0.0819. The molecule has 1 amide bonds. The highest BCUT2D eigenvalue weighted by molar-refractivity contribution is 5.76. The molecule has 0 aromatic carbocycles. The first-order valence-electron chi connectivity index (χ1n) is 6.09. The predicted molar refractivity (Wildman–Crippen MR) is 66.0 cm³/mol. The van der Waals surface area contributed by atoms with Gasteiger partial charge in [0.1, 0.15) is 0 Å². The van der Waals surface area contributed by atoms with Gasteiger partial charge in [0, 0.05) is 19.0 Å². The zero-order chi connectivity index (χ0) is 12.8. The normalized spacial score (nSPS) is 13.9. The van der Waals surface area contributed by atoms with E-state index in [1.807, 2.05) is 27.7 Å². The lowest BCUT2D eigenvalue weighted by Gasteiger charge is -2.26. The molecule has 0 bridgehead atoms. The fourth-order valence-electron chi connectivity index (χ4n) is 1.29. The summed E-state index contributed by atoms with van der Waals surface area (Å²) in [5.74, 6) is 0.212. The number of amides is 1. The van der Waals surface area contributed by atoms with Crippen molar-refractivity contribution in [2.45, 2.75) is 58.6 Å². The second-order valence-electron chi connectivity index (χ2n) is 4.82. The van der Waals surface area contributed by atoms with Crippen LogP contribution in [0.15, 0.2) is 0 Å². The lowest BCUT2D eigenvalue weighted by Crippen LogP contribution is -2.44. The molecule has 1 atom stereocenters. The Morgan fingerprint density at radius 2 is 1.88 bits per heavy atom. The van der Waals surface area contributed by atoms with Crippen LogP contribution in [-0.2, 0) is 4.79 Å². The van der Waals surface area contributed by atoms with Crippen LogP contribution in [0.2, 0.25) is 0 Å². The Balaban J connectivity index is 3.98. The Bertz CT molecular complexity index is 213. The zero-order valence-corrected chi connectivity index (χ0v) is 10.9. The van der Waals surface area contributed by atoms with Gasteiger partial charge >= 0.3 is 0 Å². The number of nitrogens with one attached hydrogen (secondary N) is 1. The minimum Gasteiger partial charge on any atom is -0.388 e. The van der Waals surface area contributed by atoms with E-state index in [9.17, 15) is 9.90 Å². The number of hydrogen-bond acceptors (Lipinski definition) is 3. The summed E-state index contributed by atoms with van der Waals surface area (Å²) in [6.07, 6.45) is 1.60. The lowest BCUT2D eigenvalue weighted by molar-refractivity contribution is -0.123. The van der Waals surface area contributed by atoms with E-state index in [4.69, 9.17) is 5.73 Å². The molecule has 0 aliphatic carbocycles. The number of nitrogens with two attached hydrogens (primary N) is 1. The molecular weight excluding hydrogens is 204 g/mol. The van der Waals surface area contributed by atoms with Crippen molar-refractivity contribution in [2.24, 2.45) is 11.7 Å². The molecule has 0 aliphatic rings. The van der Waals surface area contributed by atoms with Gasteiger partial charge in [-0.1, -0.05) is 27.7 Å². The molecule has 0 aromatic heterocycles. The van der Waals surface area contributed by atoms with Gasteiger partial charge < -0.3 is 16.2 Å². The summed E-state index contributed by atoms with van der Waals surface area (Å²) in [7, 11) is 0. The molecule has 1 unspecified atom stereocenters. The van der Waals surface area contributed by atoms with Crippen LogP contribution in [0.3, 0.4) is 0 Å². The maximum absolute atomic E-state index is 11.5. The van der Waals surface area contributed by atoms with Crippen LogP contribution in [0.4, 0.5) is 0 Å². The first kappa shape index (κ1) is 15.4. The van der Waals surface area contributed by atoms with E-state index in [0.29, 0.717) is 31.7 Å². The second-order valence-corrected chi connectivity index (χ2v) is 4.82. The molecule has 16 heavy (non-hydrogen) atoms. The number of rotatable bonds is 7. The average Bonchev–Trinajstić information content (AvgIpc) is 2.25. The topological polar surface area (TPSA) is 75.3 Å². The summed E-state index contributed by atoms with van der Waals surface area (Å²) < 4.78 is 0. The third-order valence-electron chi connectivity index (χ3n) is 3.21. The molecule has 0 spiro atoms. The van der Waals surface area contributed by atoms with Gasteiger partial charge in [-0.05, 0) is 18.8 Å². The van der Waals surface area contributed by atoms with Crippen molar-refractivity contribution >= 4 is 5.91 Å². The van der Waals surface area contributed by atoms with Crippen LogP contribution in [0.1, 0.15) is 47.0 Å². The smallest absolute Gasteiger partial charge is 0.221 e. The Labute approximate surface area is 98.6 Å². The van der Waals surface area contributed by atoms with Crippen LogP contribution >= 0.6 is 0 Å². The molecule has 0 radical (unpaired) electrons. The first-order valence-corrected chi connectivity index (χ1v) is 6.09. The van der Waals surface area contributed by atoms with Crippen LogP contribution < -0.4 is 11.1 Å². The van der Waals surface area contributed by atoms with Crippen molar-refractivity contribution in [1.29, 1.82) is 0 Å². The highest BCUT2D eigenvalue weighted by Gasteiger charge is 2.23. The molecule has 0 rings (SSSR count). The van der Waals surface area contributed by atoms with Crippen LogP contribution in [0.25, 0.3) is 0 Å². The highest BCUT2D eigenvalue weighted by Crippen LogP contribution is 2.13. The number of hydrogen-bond donors (Lipinski definition) is 3. The molecule has 96 valence electrons. The molecule has 4 heteroatoms. The summed E-state index contributed by atoms with van der Waals surface area (Å²) in [5.41, 5.74) is 5.02. The minimum atomic E-state index is -0.780. The van der Waals surface area contributed by atoms with Crippen molar-refractivity contribution in [3.8, 4) is 0 Å². The van der Waals surface area contributed by atoms with E-state index in [-0.39, 0.29) is 11.9 Å². The third-order valence-corrected chi connectivity index (χ3v) is 3.21. The summed E-state index contributed by atoms with van der Waals surface area (Å²) in [6.45, 7) is 8.12. The van der Waals surface area contributed by atoms with Gasteiger partial charge in [-0.2, -0.15) is 0 Å². The van der Waals surface area contributed by atoms with Gasteiger partial charge in [-0.25, -0.2) is 0 Å². The maximum Gasteiger partial charge on any atom is 0.221 e. The Kier molecular flexibility index (Phi) is 6.60. The first-order chi connectivity index (χ1) is 7.34. The average molecular weight is 230 g/mol. The Hall–Kier alpha value is -0.610. The van der Waals surface area contributed by atoms with Crippen LogP contribution in [0, 0.1) is 5.92 Å². The van der Waals surface area contributed by atoms with Gasteiger partial charge in [0.25, 0.3) is 0 Å². The maximum atomic E-state index is 11.5. The van der Waals surface area contributed by atoms with Crippen molar-refractivity contribution in [3.63, 3.8) is 0 Å². The van der Waals surface area contributed by atoms with Crippen LogP contribution in [0.5, 0.6) is 0 Å². The highest BCUT2D eigenvalue weighted by atomic mass is 16.3. The zero-order valence-electron chi connectivity index (χ0n) is 10.9. The monoisotopic (exact) mass is 230 g/mol. The van der Waals surface area contributed by atoms with Crippen LogP contribution in [-0.4, -0.2) is 29.2 Å². The van der Waals surface area contributed by atoms with Gasteiger partial charge in [0.2, 0.25) is 5.91 Å². The fourth-order valence-corrected chi connectivity index (χ4v) is 1.29. The van der Waals surface area contributed by atoms with E-state index in [2.05, 4.69) is 5.32 Å². The fraction of sp³-hybridized carbons (Fsp3) is 0.917. The molecule has 0 heterocycles. The number of carbonyl (C=O) groups excluding carboxylic acids is 1. The predicted octanol–water partition coefficient (Wildman–Crippen LogP) is 1.03.